The molecule has 252 valence electrons. The van der Waals surface area contributed by atoms with E-state index in [2.05, 4.69) is 57.2 Å². The lowest BCUT2D eigenvalue weighted by Crippen LogP contribution is -2.55. The Bertz CT molecular complexity index is 1650. The van der Waals surface area contributed by atoms with Gasteiger partial charge in [0, 0.05) is 62.7 Å². The van der Waals surface area contributed by atoms with E-state index >= 15 is 0 Å². The normalized spacial score (nSPS) is 21.2. The van der Waals surface area contributed by atoms with E-state index in [1.165, 1.54) is 18.4 Å². The molecule has 6 heterocycles. The van der Waals surface area contributed by atoms with Crippen molar-refractivity contribution >= 4 is 34.5 Å². The van der Waals surface area contributed by atoms with Gasteiger partial charge in [-0.1, -0.05) is 6.07 Å². The molecule has 2 N–H and O–H groups in total. The van der Waals surface area contributed by atoms with Gasteiger partial charge in [0.2, 0.25) is 11.8 Å². The first-order valence-corrected chi connectivity index (χ1v) is 18.6. The highest BCUT2D eigenvalue weighted by molar-refractivity contribution is 7.99. The molecular weight excluding hydrogens is 611 g/mol. The van der Waals surface area contributed by atoms with Crippen LogP contribution >= 0.6 is 11.8 Å². The number of carbonyl (C=O) groups excluding carboxylic acids is 2. The summed E-state index contributed by atoms with van der Waals surface area (Å²) in [5.74, 6) is 0.935. The number of rotatable bonds is 7. The standard InChI is InChI=1S/C36H49N7O3S/c1-24-18-25(20-29-23-37-39-33(24)29)19-28(36(46)43-15-13-41(14-16-43)30-7-9-40(2)10-8-30)22-32(44)42-11-5-26(6-12-42)31-21-27-4-3-17-47-35(27)38-34(31)45/h18,20-21,23,26,28,30H,3-17,19,22H2,1-2H3,(H,37,39)(H,38,45). The van der Waals surface area contributed by atoms with E-state index in [1.54, 1.807) is 11.8 Å². The number of aromatic nitrogens is 3. The predicted molar refractivity (Wildman–Crippen MR) is 186 cm³/mol. The van der Waals surface area contributed by atoms with Gasteiger partial charge in [0.1, 0.15) is 0 Å². The summed E-state index contributed by atoms with van der Waals surface area (Å²) in [7, 11) is 2.19. The summed E-state index contributed by atoms with van der Waals surface area (Å²) in [6.45, 7) is 8.79. The average Bonchev–Trinajstić information content (AvgIpc) is 3.57. The number of piperidine rings is 2. The van der Waals surface area contributed by atoms with Crippen LogP contribution in [0.25, 0.3) is 10.9 Å². The number of pyridine rings is 1. The number of likely N-dealkylation sites (tertiary alicyclic amines) is 2. The molecule has 3 saturated heterocycles. The molecule has 1 aromatic carbocycles. The van der Waals surface area contributed by atoms with Crippen LogP contribution in [0.2, 0.25) is 0 Å². The largest absolute Gasteiger partial charge is 0.343 e. The highest BCUT2D eigenvalue weighted by atomic mass is 32.2. The smallest absolute Gasteiger partial charge is 0.252 e. The number of benzene rings is 1. The predicted octanol–water partition coefficient (Wildman–Crippen LogP) is 3.79. The van der Waals surface area contributed by atoms with Crippen molar-refractivity contribution in [3.05, 3.63) is 57.0 Å². The molecule has 10 nitrogen and oxygen atoms in total. The third kappa shape index (κ3) is 7.17. The number of fused-ring (bicyclic) bond motifs is 2. The van der Waals surface area contributed by atoms with Crippen molar-refractivity contribution in [1.29, 1.82) is 0 Å². The fourth-order valence-electron chi connectivity index (χ4n) is 8.30. The monoisotopic (exact) mass is 659 g/mol. The summed E-state index contributed by atoms with van der Waals surface area (Å²) in [5.41, 5.74) is 5.32. The molecule has 11 heteroatoms. The van der Waals surface area contributed by atoms with Crippen molar-refractivity contribution in [2.75, 3.05) is 65.2 Å². The first-order chi connectivity index (χ1) is 22.8. The van der Waals surface area contributed by atoms with Crippen LogP contribution in [0.4, 0.5) is 0 Å². The number of H-pyrrole nitrogens is 2. The van der Waals surface area contributed by atoms with Gasteiger partial charge in [-0.3, -0.25) is 24.4 Å². The maximum atomic E-state index is 14.2. The van der Waals surface area contributed by atoms with E-state index in [0.29, 0.717) is 25.6 Å². The molecule has 7 rings (SSSR count). The number of thioether (sulfide) groups is 1. The van der Waals surface area contributed by atoms with Crippen molar-refractivity contribution in [2.24, 2.45) is 5.92 Å². The van der Waals surface area contributed by atoms with Gasteiger partial charge in [-0.25, -0.2) is 0 Å². The molecule has 4 aliphatic heterocycles. The van der Waals surface area contributed by atoms with Crippen molar-refractivity contribution < 1.29 is 9.59 Å². The van der Waals surface area contributed by atoms with Gasteiger partial charge in [0.25, 0.3) is 5.56 Å². The van der Waals surface area contributed by atoms with Crippen molar-refractivity contribution in [3.8, 4) is 0 Å². The van der Waals surface area contributed by atoms with Gasteiger partial charge in [-0.2, -0.15) is 5.10 Å². The SMILES string of the molecule is Cc1cc(CC(CC(=O)N2CCC(c3cc4c([nH]c3=O)SCCC4)CC2)C(=O)N2CCN(C3CCN(C)CC3)CC2)cc2cn[nH]c12. The van der Waals surface area contributed by atoms with Crippen LogP contribution in [0.3, 0.4) is 0 Å². The first kappa shape index (κ1) is 32.4. The number of piperazine rings is 1. The third-order valence-electron chi connectivity index (χ3n) is 11.1. The van der Waals surface area contributed by atoms with Gasteiger partial charge in [-0.15, -0.1) is 11.8 Å². The Balaban J connectivity index is 1.02. The summed E-state index contributed by atoms with van der Waals surface area (Å²) >= 11 is 1.74. The topological polar surface area (TPSA) is 109 Å². The molecule has 47 heavy (non-hydrogen) atoms. The Hall–Kier alpha value is -3.15. The van der Waals surface area contributed by atoms with E-state index in [4.69, 9.17) is 0 Å². The zero-order chi connectivity index (χ0) is 32.5. The first-order valence-electron chi connectivity index (χ1n) is 17.6. The number of carbonyl (C=O) groups is 2. The average molecular weight is 660 g/mol. The Morgan fingerprint density at radius 3 is 2.51 bits per heavy atom. The molecule has 1 unspecified atom stereocenters. The van der Waals surface area contributed by atoms with E-state index in [1.807, 2.05) is 16.0 Å². The lowest BCUT2D eigenvalue weighted by molar-refractivity contribution is -0.143. The summed E-state index contributed by atoms with van der Waals surface area (Å²) in [6.07, 6.45) is 8.63. The number of aromatic amines is 2. The minimum Gasteiger partial charge on any atom is -0.343 e. The van der Waals surface area contributed by atoms with Gasteiger partial charge in [-0.05, 0) is 113 Å². The van der Waals surface area contributed by atoms with Crippen LogP contribution in [0.1, 0.15) is 66.7 Å². The summed E-state index contributed by atoms with van der Waals surface area (Å²) in [5, 5.41) is 9.34. The quantitative estimate of drug-likeness (QED) is 0.398. The van der Waals surface area contributed by atoms with Crippen LogP contribution in [0, 0.1) is 12.8 Å². The van der Waals surface area contributed by atoms with Crippen LogP contribution in [-0.2, 0) is 22.4 Å². The molecule has 2 amide bonds. The van der Waals surface area contributed by atoms with Crippen molar-refractivity contribution in [2.45, 2.75) is 75.3 Å². The maximum Gasteiger partial charge on any atom is 0.252 e. The lowest BCUT2D eigenvalue weighted by Gasteiger charge is -2.43. The van der Waals surface area contributed by atoms with E-state index in [9.17, 15) is 14.4 Å². The molecule has 4 aliphatic rings. The number of nitrogens with one attached hydrogen (secondary N) is 2. The van der Waals surface area contributed by atoms with Crippen LogP contribution < -0.4 is 5.56 Å². The van der Waals surface area contributed by atoms with Crippen LogP contribution in [0.15, 0.2) is 34.2 Å². The molecule has 2 aromatic heterocycles. The van der Waals surface area contributed by atoms with Gasteiger partial charge in [0.05, 0.1) is 22.7 Å². The number of aryl methyl sites for hydroxylation is 2. The highest BCUT2D eigenvalue weighted by Crippen LogP contribution is 2.32. The van der Waals surface area contributed by atoms with Crippen molar-refractivity contribution in [3.63, 3.8) is 0 Å². The minimum atomic E-state index is -0.417. The molecular formula is C36H49N7O3S. The number of amides is 2. The van der Waals surface area contributed by atoms with Crippen molar-refractivity contribution in [1.82, 2.24) is 34.8 Å². The highest BCUT2D eigenvalue weighted by Gasteiger charge is 2.34. The maximum absolute atomic E-state index is 14.2. The Morgan fingerprint density at radius 1 is 0.979 bits per heavy atom. The van der Waals surface area contributed by atoms with Gasteiger partial charge in [0.15, 0.2) is 0 Å². The molecule has 0 saturated carbocycles. The van der Waals surface area contributed by atoms with Crippen LogP contribution in [-0.4, -0.2) is 118 Å². The number of hydrogen-bond acceptors (Lipinski definition) is 7. The third-order valence-corrected chi connectivity index (χ3v) is 12.3. The zero-order valence-electron chi connectivity index (χ0n) is 27.9. The fourth-order valence-corrected chi connectivity index (χ4v) is 9.30. The second-order valence-corrected chi connectivity index (χ2v) is 15.4. The molecule has 0 radical (unpaired) electrons. The Kier molecular flexibility index (Phi) is 9.75. The summed E-state index contributed by atoms with van der Waals surface area (Å²) < 4.78 is 0. The second-order valence-electron chi connectivity index (χ2n) is 14.3. The van der Waals surface area contributed by atoms with Crippen LogP contribution in [0.5, 0.6) is 0 Å². The second kappa shape index (κ2) is 14.1. The van der Waals surface area contributed by atoms with E-state index < -0.39 is 5.92 Å². The summed E-state index contributed by atoms with van der Waals surface area (Å²) in [4.78, 5) is 53.1. The molecule has 3 fully saturated rings. The van der Waals surface area contributed by atoms with Gasteiger partial charge >= 0.3 is 0 Å². The molecule has 0 spiro atoms. The van der Waals surface area contributed by atoms with Gasteiger partial charge < -0.3 is 19.7 Å². The summed E-state index contributed by atoms with van der Waals surface area (Å²) in [6, 6.07) is 6.96. The van der Waals surface area contributed by atoms with E-state index in [-0.39, 0.29) is 29.7 Å². The zero-order valence-corrected chi connectivity index (χ0v) is 28.7. The molecule has 0 aliphatic carbocycles. The fraction of sp³-hybridized carbons (Fsp3) is 0.611. The Labute approximate surface area is 281 Å². The Morgan fingerprint density at radius 2 is 1.74 bits per heavy atom. The molecule has 1 atom stereocenters. The molecule has 0 bridgehead atoms. The van der Waals surface area contributed by atoms with E-state index in [0.717, 1.165) is 103 Å². The lowest BCUT2D eigenvalue weighted by atomic mass is 9.88. The minimum absolute atomic E-state index is 0.0226. The number of nitrogens with zero attached hydrogens (tertiary/aromatic N) is 5. The number of hydrogen-bond donors (Lipinski definition) is 2. The molecule has 3 aromatic rings.